The first-order chi connectivity index (χ1) is 10.1. The average molecular weight is 305 g/mol. The van der Waals surface area contributed by atoms with Gasteiger partial charge < -0.3 is 4.90 Å². The minimum absolute atomic E-state index is 0.0214. The fourth-order valence-electron chi connectivity index (χ4n) is 2.59. The predicted octanol–water partition coefficient (Wildman–Crippen LogP) is 2.99. The van der Waals surface area contributed by atoms with Crippen molar-refractivity contribution in [1.29, 1.82) is 0 Å². The first-order valence-electron chi connectivity index (χ1n) is 6.64. The number of hydrogen-bond donors (Lipinski definition) is 0. The minimum Gasteiger partial charge on any atom is -0.346 e. The number of benzene rings is 1. The summed E-state index contributed by atoms with van der Waals surface area (Å²) in [5.74, 6) is 0.289. The van der Waals surface area contributed by atoms with Crippen molar-refractivity contribution in [3.05, 3.63) is 57.0 Å². The molecular formula is C14H13ClN4O2. The molecule has 0 radical (unpaired) electrons. The summed E-state index contributed by atoms with van der Waals surface area (Å²) in [6, 6.07) is 8.13. The summed E-state index contributed by atoms with van der Waals surface area (Å²) < 4.78 is 0. The number of aryl methyl sites for hydroxylation is 1. The summed E-state index contributed by atoms with van der Waals surface area (Å²) in [5, 5.41) is 11.2. The van der Waals surface area contributed by atoms with Crippen LogP contribution in [0.2, 0.25) is 5.28 Å². The molecule has 0 amide bonds. The van der Waals surface area contributed by atoms with Crippen LogP contribution in [0.3, 0.4) is 0 Å². The molecule has 0 aliphatic carbocycles. The van der Waals surface area contributed by atoms with Gasteiger partial charge in [-0.2, -0.15) is 4.98 Å². The summed E-state index contributed by atoms with van der Waals surface area (Å²) in [5.41, 5.74) is 2.33. The summed E-state index contributed by atoms with van der Waals surface area (Å²) >= 11 is 5.81. The van der Waals surface area contributed by atoms with Crippen LogP contribution in [0.15, 0.2) is 30.5 Å². The molecule has 0 unspecified atom stereocenters. The molecular weight excluding hydrogens is 292 g/mol. The molecule has 7 heteroatoms. The topological polar surface area (TPSA) is 72.2 Å². The number of hydrogen-bond acceptors (Lipinski definition) is 5. The molecule has 108 valence electrons. The van der Waals surface area contributed by atoms with E-state index >= 15 is 0 Å². The zero-order valence-electron chi connectivity index (χ0n) is 11.2. The van der Waals surface area contributed by atoms with Crippen LogP contribution in [0.1, 0.15) is 17.5 Å². The van der Waals surface area contributed by atoms with E-state index in [0.29, 0.717) is 13.1 Å². The van der Waals surface area contributed by atoms with Gasteiger partial charge in [-0.1, -0.05) is 24.3 Å². The maximum Gasteiger partial charge on any atom is 0.329 e. The highest BCUT2D eigenvalue weighted by Gasteiger charge is 2.24. The summed E-state index contributed by atoms with van der Waals surface area (Å²) in [6.45, 7) is 1.28. The Kier molecular flexibility index (Phi) is 3.70. The Bertz CT molecular complexity index is 692. The third-order valence-electron chi connectivity index (χ3n) is 3.57. The largest absolute Gasteiger partial charge is 0.346 e. The van der Waals surface area contributed by atoms with Crippen molar-refractivity contribution in [2.24, 2.45) is 0 Å². The van der Waals surface area contributed by atoms with E-state index in [4.69, 9.17) is 11.6 Å². The van der Waals surface area contributed by atoms with Crippen LogP contribution >= 0.6 is 11.6 Å². The molecule has 0 bridgehead atoms. The van der Waals surface area contributed by atoms with E-state index in [1.807, 2.05) is 23.1 Å². The second-order valence-corrected chi connectivity index (χ2v) is 5.24. The second kappa shape index (κ2) is 5.65. The van der Waals surface area contributed by atoms with E-state index in [9.17, 15) is 10.1 Å². The summed E-state index contributed by atoms with van der Waals surface area (Å²) in [4.78, 5) is 20.4. The van der Waals surface area contributed by atoms with Gasteiger partial charge in [0, 0.05) is 13.1 Å². The number of nitro groups is 1. The van der Waals surface area contributed by atoms with Gasteiger partial charge in [0.05, 0.1) is 4.92 Å². The number of aromatic nitrogens is 2. The van der Waals surface area contributed by atoms with Crippen LogP contribution in [-0.2, 0) is 13.0 Å². The maximum atomic E-state index is 11.2. The van der Waals surface area contributed by atoms with Crippen molar-refractivity contribution in [2.45, 2.75) is 19.4 Å². The molecule has 1 aliphatic heterocycles. The third kappa shape index (κ3) is 2.80. The van der Waals surface area contributed by atoms with Crippen LogP contribution < -0.4 is 4.90 Å². The molecule has 0 saturated heterocycles. The third-order valence-corrected chi connectivity index (χ3v) is 3.75. The van der Waals surface area contributed by atoms with Crippen LogP contribution in [0.25, 0.3) is 0 Å². The quantitative estimate of drug-likeness (QED) is 0.484. The SMILES string of the molecule is O=[N+]([O-])c1cnc(Cl)nc1N1CCCc2ccccc2C1. The zero-order valence-corrected chi connectivity index (χ0v) is 12.0. The number of fused-ring (bicyclic) bond motifs is 1. The summed E-state index contributed by atoms with van der Waals surface area (Å²) in [6.07, 6.45) is 3.04. The van der Waals surface area contributed by atoms with Gasteiger partial charge in [0.25, 0.3) is 0 Å². The Morgan fingerprint density at radius 2 is 2.05 bits per heavy atom. The van der Waals surface area contributed by atoms with Gasteiger partial charge >= 0.3 is 5.69 Å². The standard InChI is InChI=1S/C14H13ClN4O2/c15-14-16-8-12(19(20)21)13(17-14)18-7-3-6-10-4-1-2-5-11(10)9-18/h1-2,4-5,8H,3,6-7,9H2. The molecule has 1 aliphatic rings. The van der Waals surface area contributed by atoms with Gasteiger partial charge in [-0.25, -0.2) is 4.98 Å². The second-order valence-electron chi connectivity index (χ2n) is 4.90. The Hall–Kier alpha value is -2.21. The van der Waals surface area contributed by atoms with Crippen LogP contribution in [-0.4, -0.2) is 21.4 Å². The number of halogens is 1. The van der Waals surface area contributed by atoms with Gasteiger partial charge in [0.15, 0.2) is 0 Å². The fourth-order valence-corrected chi connectivity index (χ4v) is 2.72. The highest BCUT2D eigenvalue weighted by molar-refractivity contribution is 6.28. The molecule has 0 atom stereocenters. The molecule has 2 aromatic rings. The molecule has 21 heavy (non-hydrogen) atoms. The lowest BCUT2D eigenvalue weighted by molar-refractivity contribution is -0.384. The monoisotopic (exact) mass is 304 g/mol. The Labute approximate surface area is 126 Å². The number of rotatable bonds is 2. The summed E-state index contributed by atoms with van der Waals surface area (Å²) in [7, 11) is 0. The van der Waals surface area contributed by atoms with Crippen LogP contribution in [0.5, 0.6) is 0 Å². The molecule has 2 heterocycles. The predicted molar refractivity (Wildman–Crippen MR) is 79.5 cm³/mol. The van der Waals surface area contributed by atoms with E-state index in [1.165, 1.54) is 17.3 Å². The van der Waals surface area contributed by atoms with Crippen molar-refractivity contribution in [2.75, 3.05) is 11.4 Å². The van der Waals surface area contributed by atoms with Crippen molar-refractivity contribution in [3.8, 4) is 0 Å². The first-order valence-corrected chi connectivity index (χ1v) is 7.01. The van der Waals surface area contributed by atoms with Crippen LogP contribution in [0, 0.1) is 10.1 Å². The normalized spacial score (nSPS) is 14.4. The van der Waals surface area contributed by atoms with Crippen molar-refractivity contribution in [3.63, 3.8) is 0 Å². The lowest BCUT2D eigenvalue weighted by Crippen LogP contribution is -2.24. The van der Waals surface area contributed by atoms with Gasteiger partial charge in [0.1, 0.15) is 6.20 Å². The van der Waals surface area contributed by atoms with Crippen LogP contribution in [0.4, 0.5) is 11.5 Å². The van der Waals surface area contributed by atoms with E-state index in [2.05, 4.69) is 16.0 Å². The maximum absolute atomic E-state index is 11.2. The molecule has 0 fully saturated rings. The number of nitrogens with zero attached hydrogens (tertiary/aromatic N) is 4. The van der Waals surface area contributed by atoms with Gasteiger partial charge in [-0.15, -0.1) is 0 Å². The highest BCUT2D eigenvalue weighted by atomic mass is 35.5. The van der Waals surface area contributed by atoms with Gasteiger partial charge in [0.2, 0.25) is 11.1 Å². The smallest absolute Gasteiger partial charge is 0.329 e. The van der Waals surface area contributed by atoms with E-state index in [1.54, 1.807) is 0 Å². The molecule has 0 spiro atoms. The Balaban J connectivity index is 2.01. The van der Waals surface area contributed by atoms with E-state index in [-0.39, 0.29) is 16.8 Å². The zero-order chi connectivity index (χ0) is 14.8. The number of anilines is 1. The molecule has 6 nitrogen and oxygen atoms in total. The van der Waals surface area contributed by atoms with Gasteiger partial charge in [-0.3, -0.25) is 10.1 Å². The average Bonchev–Trinajstić information content (AvgIpc) is 2.68. The fraction of sp³-hybridized carbons (Fsp3) is 0.286. The molecule has 0 N–H and O–H groups in total. The molecule has 0 saturated carbocycles. The lowest BCUT2D eigenvalue weighted by Gasteiger charge is -2.21. The molecule has 1 aromatic carbocycles. The lowest BCUT2D eigenvalue weighted by atomic mass is 10.0. The van der Waals surface area contributed by atoms with E-state index in [0.717, 1.165) is 12.8 Å². The Morgan fingerprint density at radius 1 is 1.29 bits per heavy atom. The minimum atomic E-state index is -0.470. The van der Waals surface area contributed by atoms with Crippen molar-refractivity contribution < 1.29 is 4.92 Å². The molecule has 1 aromatic heterocycles. The van der Waals surface area contributed by atoms with Gasteiger partial charge in [-0.05, 0) is 35.6 Å². The van der Waals surface area contributed by atoms with Crippen molar-refractivity contribution in [1.82, 2.24) is 9.97 Å². The first kappa shape index (κ1) is 13.8. The Morgan fingerprint density at radius 3 is 2.81 bits per heavy atom. The van der Waals surface area contributed by atoms with E-state index < -0.39 is 4.92 Å². The molecule has 3 rings (SSSR count). The highest BCUT2D eigenvalue weighted by Crippen LogP contribution is 2.30. The van der Waals surface area contributed by atoms with Crippen molar-refractivity contribution >= 4 is 23.1 Å².